The van der Waals surface area contributed by atoms with E-state index in [-0.39, 0.29) is 18.1 Å². The average Bonchev–Trinajstić information content (AvgIpc) is 2.37. The van der Waals surface area contributed by atoms with Crippen molar-refractivity contribution in [2.75, 3.05) is 33.0 Å². The number of anilines is 1. The van der Waals surface area contributed by atoms with Crippen LogP contribution in [-0.4, -0.2) is 60.5 Å². The van der Waals surface area contributed by atoms with Gasteiger partial charge in [0.15, 0.2) is 0 Å². The van der Waals surface area contributed by atoms with E-state index in [4.69, 9.17) is 5.11 Å². The molecule has 0 bridgehead atoms. The van der Waals surface area contributed by atoms with E-state index in [0.29, 0.717) is 0 Å². The number of carboxylic acids is 1. The van der Waals surface area contributed by atoms with Crippen molar-refractivity contribution < 1.29 is 23.9 Å². The van der Waals surface area contributed by atoms with Gasteiger partial charge in [-0.1, -0.05) is 0 Å². The standard InChI is InChI=1S/C13H16FN3O4/c1-16(2)11(18)7-17(3)13(21)15-8-4-5-9(12(19)20)10(14)6-8/h4-6H,7H2,1-3H3,(H,15,21)(H,19,20). The van der Waals surface area contributed by atoms with E-state index in [2.05, 4.69) is 5.32 Å². The number of carbonyl (C=O) groups excluding carboxylic acids is 2. The molecule has 0 unspecified atom stereocenters. The number of amides is 3. The Morgan fingerprint density at radius 2 is 1.86 bits per heavy atom. The SMILES string of the molecule is CN(C)C(=O)CN(C)C(=O)Nc1ccc(C(=O)O)c(F)c1. The normalized spacial score (nSPS) is 9.90. The van der Waals surface area contributed by atoms with Crippen molar-refractivity contribution in [3.05, 3.63) is 29.6 Å². The fraction of sp³-hybridized carbons (Fsp3) is 0.308. The quantitative estimate of drug-likeness (QED) is 0.870. The van der Waals surface area contributed by atoms with Crippen molar-refractivity contribution in [1.82, 2.24) is 9.80 Å². The van der Waals surface area contributed by atoms with Gasteiger partial charge in [0.1, 0.15) is 12.4 Å². The molecule has 0 heterocycles. The van der Waals surface area contributed by atoms with Crippen molar-refractivity contribution in [1.29, 1.82) is 0 Å². The number of urea groups is 1. The summed E-state index contributed by atoms with van der Waals surface area (Å²) < 4.78 is 13.5. The Morgan fingerprint density at radius 3 is 2.33 bits per heavy atom. The maximum absolute atomic E-state index is 13.5. The zero-order valence-electron chi connectivity index (χ0n) is 11.9. The number of nitrogens with one attached hydrogen (secondary N) is 1. The second-order valence-corrected chi connectivity index (χ2v) is 4.57. The highest BCUT2D eigenvalue weighted by atomic mass is 19.1. The second kappa shape index (κ2) is 6.69. The Bertz CT molecular complexity index is 575. The van der Waals surface area contributed by atoms with Crippen LogP contribution in [0.1, 0.15) is 10.4 Å². The first-order valence-corrected chi connectivity index (χ1v) is 5.97. The van der Waals surface area contributed by atoms with Crippen molar-refractivity contribution in [2.45, 2.75) is 0 Å². The van der Waals surface area contributed by atoms with Crippen LogP contribution in [0.5, 0.6) is 0 Å². The molecule has 0 saturated carbocycles. The number of likely N-dealkylation sites (N-methyl/N-ethyl adjacent to an activating group) is 2. The highest BCUT2D eigenvalue weighted by Gasteiger charge is 2.16. The highest BCUT2D eigenvalue weighted by molar-refractivity contribution is 5.93. The Kier molecular flexibility index (Phi) is 5.23. The van der Waals surface area contributed by atoms with Crippen LogP contribution in [0.15, 0.2) is 18.2 Å². The number of carboxylic acid groups (broad SMARTS) is 1. The molecular weight excluding hydrogens is 281 g/mol. The molecule has 1 rings (SSSR count). The molecule has 1 aromatic carbocycles. The number of carbonyl (C=O) groups is 3. The summed E-state index contributed by atoms with van der Waals surface area (Å²) in [5, 5.41) is 11.1. The van der Waals surface area contributed by atoms with Crippen molar-refractivity contribution in [3.63, 3.8) is 0 Å². The number of benzene rings is 1. The summed E-state index contributed by atoms with van der Waals surface area (Å²) >= 11 is 0. The Labute approximate surface area is 120 Å². The molecule has 1 aromatic rings. The van der Waals surface area contributed by atoms with E-state index in [1.54, 1.807) is 14.1 Å². The maximum Gasteiger partial charge on any atom is 0.338 e. The van der Waals surface area contributed by atoms with Gasteiger partial charge >= 0.3 is 12.0 Å². The fourth-order valence-corrected chi connectivity index (χ4v) is 1.40. The Balaban J connectivity index is 2.73. The molecule has 0 aliphatic carbocycles. The molecule has 0 aliphatic heterocycles. The van der Waals surface area contributed by atoms with E-state index in [0.717, 1.165) is 17.0 Å². The smallest absolute Gasteiger partial charge is 0.338 e. The molecule has 8 heteroatoms. The van der Waals surface area contributed by atoms with Crippen LogP contribution in [0.2, 0.25) is 0 Å². The number of nitrogens with zero attached hydrogens (tertiary/aromatic N) is 2. The molecule has 2 N–H and O–H groups in total. The molecule has 21 heavy (non-hydrogen) atoms. The van der Waals surface area contributed by atoms with Gasteiger partial charge in [-0.05, 0) is 18.2 Å². The van der Waals surface area contributed by atoms with Gasteiger partial charge < -0.3 is 20.2 Å². The first kappa shape index (κ1) is 16.4. The van der Waals surface area contributed by atoms with Crippen molar-refractivity contribution in [2.24, 2.45) is 0 Å². The lowest BCUT2D eigenvalue weighted by Gasteiger charge is -2.19. The number of aromatic carboxylic acids is 1. The monoisotopic (exact) mass is 297 g/mol. The van der Waals surface area contributed by atoms with Gasteiger partial charge in [0.05, 0.1) is 5.56 Å². The van der Waals surface area contributed by atoms with Gasteiger partial charge in [-0.2, -0.15) is 0 Å². The third kappa shape index (κ3) is 4.44. The number of halogens is 1. The van der Waals surface area contributed by atoms with E-state index in [1.807, 2.05) is 0 Å². The van der Waals surface area contributed by atoms with Crippen LogP contribution in [0.25, 0.3) is 0 Å². The molecule has 0 fully saturated rings. The molecule has 3 amide bonds. The topological polar surface area (TPSA) is 90.0 Å². The number of hydrogen-bond donors (Lipinski definition) is 2. The van der Waals surface area contributed by atoms with Crippen LogP contribution in [0.4, 0.5) is 14.9 Å². The lowest BCUT2D eigenvalue weighted by atomic mass is 10.2. The van der Waals surface area contributed by atoms with E-state index < -0.39 is 23.4 Å². The molecule has 7 nitrogen and oxygen atoms in total. The molecule has 0 aliphatic rings. The lowest BCUT2D eigenvalue weighted by Crippen LogP contribution is -2.39. The molecule has 0 spiro atoms. The summed E-state index contributed by atoms with van der Waals surface area (Å²) in [5.74, 6) is -2.61. The lowest BCUT2D eigenvalue weighted by molar-refractivity contribution is -0.129. The summed E-state index contributed by atoms with van der Waals surface area (Å²) in [6, 6.07) is 2.63. The summed E-state index contributed by atoms with van der Waals surface area (Å²) in [6.45, 7) is -0.130. The van der Waals surface area contributed by atoms with Gasteiger partial charge in [-0.15, -0.1) is 0 Å². The van der Waals surface area contributed by atoms with Gasteiger partial charge in [-0.3, -0.25) is 4.79 Å². The predicted octanol–water partition coefficient (Wildman–Crippen LogP) is 1.08. The zero-order chi connectivity index (χ0) is 16.2. The molecular formula is C13H16FN3O4. The minimum atomic E-state index is -1.39. The summed E-state index contributed by atoms with van der Waals surface area (Å²) in [4.78, 5) is 36.4. The maximum atomic E-state index is 13.5. The number of hydrogen-bond acceptors (Lipinski definition) is 3. The molecule has 114 valence electrons. The first-order valence-electron chi connectivity index (χ1n) is 5.97. The van der Waals surface area contributed by atoms with Crippen LogP contribution in [0, 0.1) is 5.82 Å². The van der Waals surface area contributed by atoms with Crippen LogP contribution < -0.4 is 5.32 Å². The molecule has 0 saturated heterocycles. The van der Waals surface area contributed by atoms with Crippen LogP contribution in [0.3, 0.4) is 0 Å². The van der Waals surface area contributed by atoms with Crippen LogP contribution in [-0.2, 0) is 4.79 Å². The van der Waals surface area contributed by atoms with E-state index >= 15 is 0 Å². The van der Waals surface area contributed by atoms with Crippen molar-refractivity contribution >= 4 is 23.6 Å². The minimum Gasteiger partial charge on any atom is -0.478 e. The third-order valence-corrected chi connectivity index (χ3v) is 2.67. The summed E-state index contributed by atoms with van der Waals surface area (Å²) in [7, 11) is 4.54. The van der Waals surface area contributed by atoms with E-state index in [9.17, 15) is 18.8 Å². The molecule has 0 aromatic heterocycles. The Morgan fingerprint density at radius 1 is 1.24 bits per heavy atom. The molecule has 0 atom stereocenters. The summed E-state index contributed by atoms with van der Waals surface area (Å²) in [6.07, 6.45) is 0. The molecule has 0 radical (unpaired) electrons. The minimum absolute atomic E-state index is 0.103. The van der Waals surface area contributed by atoms with Gasteiger partial charge in [0.2, 0.25) is 5.91 Å². The summed E-state index contributed by atoms with van der Waals surface area (Å²) in [5.41, 5.74) is -0.379. The fourth-order valence-electron chi connectivity index (χ4n) is 1.40. The average molecular weight is 297 g/mol. The highest BCUT2D eigenvalue weighted by Crippen LogP contribution is 2.15. The van der Waals surface area contributed by atoms with Gasteiger partial charge in [-0.25, -0.2) is 14.0 Å². The predicted molar refractivity (Wildman–Crippen MR) is 73.7 cm³/mol. The van der Waals surface area contributed by atoms with Gasteiger partial charge in [0, 0.05) is 26.8 Å². The largest absolute Gasteiger partial charge is 0.478 e. The van der Waals surface area contributed by atoms with Crippen LogP contribution >= 0.6 is 0 Å². The van der Waals surface area contributed by atoms with E-state index in [1.165, 1.54) is 18.0 Å². The van der Waals surface area contributed by atoms with Gasteiger partial charge in [0.25, 0.3) is 0 Å². The zero-order valence-corrected chi connectivity index (χ0v) is 11.9. The Hall–Kier alpha value is -2.64. The van der Waals surface area contributed by atoms with Crippen molar-refractivity contribution in [3.8, 4) is 0 Å². The third-order valence-electron chi connectivity index (χ3n) is 2.67. The first-order chi connectivity index (χ1) is 9.72. The second-order valence-electron chi connectivity index (χ2n) is 4.57. The number of rotatable bonds is 4.